The van der Waals surface area contributed by atoms with Gasteiger partial charge in [0.25, 0.3) is 0 Å². The fourth-order valence-electron chi connectivity index (χ4n) is 2.98. The molecule has 2 unspecified atom stereocenters. The molecule has 1 heterocycles. The largest absolute Gasteiger partial charge is 0.468 e. The third kappa shape index (κ3) is 2.99. The molecule has 0 aromatic rings. The molecule has 4 heteroatoms. The van der Waals surface area contributed by atoms with Gasteiger partial charge in [-0.2, -0.15) is 0 Å². The molecule has 0 bridgehead atoms. The topological polar surface area (TPSA) is 49.8 Å². The Balaban J connectivity index is 2.06. The summed E-state index contributed by atoms with van der Waals surface area (Å²) in [6.07, 6.45) is 6.52. The second-order valence-electron chi connectivity index (χ2n) is 5.21. The van der Waals surface area contributed by atoms with Crippen molar-refractivity contribution in [2.24, 2.45) is 5.92 Å². The van der Waals surface area contributed by atoms with E-state index in [0.717, 1.165) is 38.6 Å². The molecule has 0 amide bonds. The number of carbonyl (C=O) groups excluding carboxylic acids is 1. The van der Waals surface area contributed by atoms with E-state index >= 15 is 0 Å². The fourth-order valence-corrected chi connectivity index (χ4v) is 2.98. The molecule has 1 saturated heterocycles. The number of likely N-dealkylation sites (tertiary alicyclic amines) is 1. The number of piperidine rings is 1. The SMILES string of the molecule is COC(=O)C(C1CC1)N1CCCCC1CCO. The fraction of sp³-hybridized carbons (Fsp3) is 0.923. The molecule has 2 fully saturated rings. The van der Waals surface area contributed by atoms with Gasteiger partial charge in [-0.25, -0.2) is 0 Å². The van der Waals surface area contributed by atoms with Crippen molar-refractivity contribution in [3.05, 3.63) is 0 Å². The van der Waals surface area contributed by atoms with Crippen LogP contribution in [0.2, 0.25) is 0 Å². The molecule has 4 nitrogen and oxygen atoms in total. The summed E-state index contributed by atoms with van der Waals surface area (Å²) in [6, 6.07) is 0.301. The molecule has 2 aliphatic rings. The van der Waals surface area contributed by atoms with Crippen LogP contribution >= 0.6 is 0 Å². The first-order valence-corrected chi connectivity index (χ1v) is 6.72. The highest BCUT2D eigenvalue weighted by Crippen LogP contribution is 2.38. The molecule has 17 heavy (non-hydrogen) atoms. The van der Waals surface area contributed by atoms with Gasteiger partial charge in [0.15, 0.2) is 0 Å². The van der Waals surface area contributed by atoms with Crippen LogP contribution < -0.4 is 0 Å². The average molecular weight is 241 g/mol. The zero-order chi connectivity index (χ0) is 12.3. The molecule has 0 radical (unpaired) electrons. The zero-order valence-corrected chi connectivity index (χ0v) is 10.6. The van der Waals surface area contributed by atoms with Crippen molar-refractivity contribution in [3.63, 3.8) is 0 Å². The molecule has 1 aliphatic heterocycles. The Kier molecular flexibility index (Phi) is 4.40. The van der Waals surface area contributed by atoms with Crippen molar-refractivity contribution in [2.75, 3.05) is 20.3 Å². The summed E-state index contributed by atoms with van der Waals surface area (Å²) in [7, 11) is 1.47. The van der Waals surface area contributed by atoms with Crippen molar-refractivity contribution in [3.8, 4) is 0 Å². The minimum Gasteiger partial charge on any atom is -0.468 e. The second-order valence-corrected chi connectivity index (χ2v) is 5.21. The summed E-state index contributed by atoms with van der Waals surface area (Å²) in [5.41, 5.74) is 0. The minimum atomic E-state index is -0.0858. The normalized spacial score (nSPS) is 27.8. The van der Waals surface area contributed by atoms with Crippen LogP contribution in [0.15, 0.2) is 0 Å². The van der Waals surface area contributed by atoms with Gasteiger partial charge in [-0.3, -0.25) is 9.69 Å². The summed E-state index contributed by atoms with van der Waals surface area (Å²) in [5, 5.41) is 9.13. The average Bonchev–Trinajstić information content (AvgIpc) is 3.16. The standard InChI is InChI=1S/C13H23NO3/c1-17-13(16)12(10-5-6-10)14-8-3-2-4-11(14)7-9-15/h10-12,15H,2-9H2,1H3. The van der Waals surface area contributed by atoms with E-state index in [2.05, 4.69) is 4.90 Å². The van der Waals surface area contributed by atoms with Crippen molar-refractivity contribution in [1.82, 2.24) is 4.90 Å². The quantitative estimate of drug-likeness (QED) is 0.734. The number of carbonyl (C=O) groups is 1. The molecule has 98 valence electrons. The zero-order valence-electron chi connectivity index (χ0n) is 10.6. The Morgan fingerprint density at radius 1 is 1.41 bits per heavy atom. The first-order chi connectivity index (χ1) is 8.27. The van der Waals surface area contributed by atoms with Crippen LogP contribution in [-0.2, 0) is 9.53 Å². The van der Waals surface area contributed by atoms with E-state index in [-0.39, 0.29) is 18.6 Å². The lowest BCUT2D eigenvalue weighted by Gasteiger charge is -2.40. The molecule has 1 N–H and O–H groups in total. The van der Waals surface area contributed by atoms with Gasteiger partial charge in [-0.1, -0.05) is 6.42 Å². The molecule has 2 rings (SSSR count). The number of methoxy groups -OCH3 is 1. The maximum atomic E-state index is 11.9. The van der Waals surface area contributed by atoms with Crippen LogP contribution in [0.1, 0.15) is 38.5 Å². The van der Waals surface area contributed by atoms with Crippen LogP contribution in [0.3, 0.4) is 0 Å². The Bertz CT molecular complexity index is 263. The molecule has 0 spiro atoms. The number of nitrogens with zero attached hydrogens (tertiary/aromatic N) is 1. The number of ether oxygens (including phenoxy) is 1. The summed E-state index contributed by atoms with van der Waals surface area (Å²) >= 11 is 0. The highest BCUT2D eigenvalue weighted by molar-refractivity contribution is 5.76. The van der Waals surface area contributed by atoms with E-state index < -0.39 is 0 Å². The van der Waals surface area contributed by atoms with E-state index in [1.807, 2.05) is 0 Å². The molecular weight excluding hydrogens is 218 g/mol. The van der Waals surface area contributed by atoms with E-state index in [4.69, 9.17) is 9.84 Å². The molecule has 1 saturated carbocycles. The summed E-state index contributed by atoms with van der Waals surface area (Å²) in [4.78, 5) is 14.2. The van der Waals surface area contributed by atoms with Crippen LogP contribution in [0.4, 0.5) is 0 Å². The molecular formula is C13H23NO3. The first kappa shape index (κ1) is 12.8. The number of esters is 1. The summed E-state index contributed by atoms with van der Waals surface area (Å²) < 4.78 is 4.95. The maximum Gasteiger partial charge on any atom is 0.323 e. The lowest BCUT2D eigenvalue weighted by Crippen LogP contribution is -2.51. The third-order valence-electron chi connectivity index (χ3n) is 4.00. The minimum absolute atomic E-state index is 0.0585. The van der Waals surface area contributed by atoms with E-state index in [9.17, 15) is 4.79 Å². The van der Waals surface area contributed by atoms with Gasteiger partial charge < -0.3 is 9.84 Å². The number of aliphatic hydroxyl groups is 1. The Morgan fingerprint density at radius 3 is 2.76 bits per heavy atom. The van der Waals surface area contributed by atoms with Crippen LogP contribution in [-0.4, -0.2) is 48.3 Å². The number of hydrogen-bond donors (Lipinski definition) is 1. The highest BCUT2D eigenvalue weighted by Gasteiger charge is 2.43. The predicted molar refractivity (Wildman–Crippen MR) is 64.6 cm³/mol. The van der Waals surface area contributed by atoms with Crippen LogP contribution in [0, 0.1) is 5.92 Å². The molecule has 2 atom stereocenters. The van der Waals surface area contributed by atoms with E-state index in [1.54, 1.807) is 0 Å². The van der Waals surface area contributed by atoms with Gasteiger partial charge in [0.05, 0.1) is 7.11 Å². The van der Waals surface area contributed by atoms with Gasteiger partial charge in [-0.05, 0) is 44.6 Å². The Hall–Kier alpha value is -0.610. The monoisotopic (exact) mass is 241 g/mol. The van der Waals surface area contributed by atoms with Gasteiger partial charge in [0.1, 0.15) is 6.04 Å². The van der Waals surface area contributed by atoms with E-state index in [1.165, 1.54) is 13.5 Å². The second kappa shape index (κ2) is 5.83. The number of rotatable bonds is 5. The Labute approximate surface area is 103 Å². The first-order valence-electron chi connectivity index (χ1n) is 6.72. The summed E-state index contributed by atoms with van der Waals surface area (Å²) in [6.45, 7) is 1.18. The highest BCUT2D eigenvalue weighted by atomic mass is 16.5. The molecule has 0 aromatic carbocycles. The van der Waals surface area contributed by atoms with Crippen molar-refractivity contribution in [1.29, 1.82) is 0 Å². The molecule has 0 aromatic heterocycles. The number of aliphatic hydroxyl groups excluding tert-OH is 1. The van der Waals surface area contributed by atoms with Crippen molar-refractivity contribution >= 4 is 5.97 Å². The van der Waals surface area contributed by atoms with Gasteiger partial charge in [-0.15, -0.1) is 0 Å². The summed E-state index contributed by atoms with van der Waals surface area (Å²) in [5.74, 6) is 0.402. The smallest absolute Gasteiger partial charge is 0.323 e. The van der Waals surface area contributed by atoms with Gasteiger partial charge in [0.2, 0.25) is 0 Å². The maximum absolute atomic E-state index is 11.9. The third-order valence-corrected chi connectivity index (χ3v) is 4.00. The molecule has 1 aliphatic carbocycles. The predicted octanol–water partition coefficient (Wildman–Crippen LogP) is 1.17. The van der Waals surface area contributed by atoms with Gasteiger partial charge in [0, 0.05) is 12.6 Å². The lowest BCUT2D eigenvalue weighted by molar-refractivity contribution is -0.150. The van der Waals surface area contributed by atoms with Crippen LogP contribution in [0.5, 0.6) is 0 Å². The number of hydrogen-bond acceptors (Lipinski definition) is 4. The van der Waals surface area contributed by atoms with Crippen molar-refractivity contribution < 1.29 is 14.6 Å². The Morgan fingerprint density at radius 2 is 2.18 bits per heavy atom. The van der Waals surface area contributed by atoms with Gasteiger partial charge >= 0.3 is 5.97 Å². The van der Waals surface area contributed by atoms with Crippen molar-refractivity contribution in [2.45, 2.75) is 50.6 Å². The van der Waals surface area contributed by atoms with Crippen LogP contribution in [0.25, 0.3) is 0 Å². The lowest BCUT2D eigenvalue weighted by atomic mass is 9.96. The van der Waals surface area contributed by atoms with E-state index in [0.29, 0.717) is 12.0 Å².